The summed E-state index contributed by atoms with van der Waals surface area (Å²) < 4.78 is 7.82. The van der Waals surface area contributed by atoms with Crippen molar-refractivity contribution >= 4 is 5.82 Å². The zero-order valence-electron chi connectivity index (χ0n) is 16.0. The molecule has 2 saturated heterocycles. The van der Waals surface area contributed by atoms with E-state index in [2.05, 4.69) is 55.4 Å². The number of hydrogen-bond acceptors (Lipinski definition) is 6. The van der Waals surface area contributed by atoms with E-state index < -0.39 is 0 Å². The van der Waals surface area contributed by atoms with Crippen LogP contribution < -0.4 is 4.90 Å². The van der Waals surface area contributed by atoms with Crippen molar-refractivity contribution in [2.24, 2.45) is 0 Å². The summed E-state index contributed by atoms with van der Waals surface area (Å²) in [5, 5.41) is 13.2. The third-order valence-electron chi connectivity index (χ3n) is 5.56. The van der Waals surface area contributed by atoms with E-state index >= 15 is 0 Å². The van der Waals surface area contributed by atoms with Crippen LogP contribution in [0.15, 0.2) is 54.7 Å². The van der Waals surface area contributed by atoms with Crippen LogP contribution in [0.5, 0.6) is 0 Å². The zero-order valence-corrected chi connectivity index (χ0v) is 16.0. The third-order valence-corrected chi connectivity index (χ3v) is 5.56. The van der Waals surface area contributed by atoms with Crippen molar-refractivity contribution in [3.63, 3.8) is 0 Å². The zero-order chi connectivity index (χ0) is 18.9. The summed E-state index contributed by atoms with van der Waals surface area (Å²) in [6, 6.07) is 17.0. The molecular formula is C21H24N6O. The van der Waals surface area contributed by atoms with Gasteiger partial charge in [-0.15, -0.1) is 10.2 Å². The van der Waals surface area contributed by atoms with Crippen molar-refractivity contribution in [3.05, 3.63) is 66.0 Å². The Kier molecular flexibility index (Phi) is 4.54. The maximum absolute atomic E-state index is 6.07. The lowest BCUT2D eigenvalue weighted by Gasteiger charge is -2.36. The maximum Gasteiger partial charge on any atom is 0.175 e. The molecule has 2 aliphatic rings. The predicted molar refractivity (Wildman–Crippen MR) is 106 cm³/mol. The number of hydrogen-bond donors (Lipinski definition) is 0. The first-order chi connectivity index (χ1) is 13.8. The van der Waals surface area contributed by atoms with E-state index in [4.69, 9.17) is 4.74 Å². The molecule has 7 heteroatoms. The number of rotatable bonds is 4. The molecule has 2 aromatic heterocycles. The molecule has 0 N–H and O–H groups in total. The van der Waals surface area contributed by atoms with Gasteiger partial charge in [-0.05, 0) is 30.7 Å². The van der Waals surface area contributed by atoms with E-state index in [0.717, 1.165) is 50.1 Å². The minimum Gasteiger partial charge on any atom is -0.373 e. The Morgan fingerprint density at radius 3 is 2.57 bits per heavy atom. The van der Waals surface area contributed by atoms with Crippen molar-refractivity contribution in [2.45, 2.75) is 25.6 Å². The standard InChI is InChI=1S/C21H24N6O/c1-16-9-10-27(24-16)21-8-7-20(22-23-21)26-14-18-19(15-26)28-12-11-25(18)13-17-5-3-2-4-6-17/h2-10,18-19H,11-15H2,1H3. The summed E-state index contributed by atoms with van der Waals surface area (Å²) >= 11 is 0. The lowest BCUT2D eigenvalue weighted by Crippen LogP contribution is -2.50. The van der Waals surface area contributed by atoms with Crippen molar-refractivity contribution in [3.8, 4) is 5.82 Å². The van der Waals surface area contributed by atoms with Gasteiger partial charge >= 0.3 is 0 Å². The van der Waals surface area contributed by atoms with Crippen LogP contribution in [-0.4, -0.2) is 63.3 Å². The van der Waals surface area contributed by atoms with Crippen LogP contribution >= 0.6 is 0 Å². The molecule has 0 bridgehead atoms. The van der Waals surface area contributed by atoms with Gasteiger partial charge in [0.05, 0.1) is 24.4 Å². The maximum atomic E-state index is 6.07. The molecule has 0 aliphatic carbocycles. The minimum atomic E-state index is 0.215. The third kappa shape index (κ3) is 3.39. The van der Waals surface area contributed by atoms with Gasteiger partial charge in [0.1, 0.15) is 0 Å². The van der Waals surface area contributed by atoms with Gasteiger partial charge in [-0.2, -0.15) is 5.10 Å². The first kappa shape index (κ1) is 17.3. The number of aromatic nitrogens is 4. The SMILES string of the molecule is Cc1ccn(-c2ccc(N3CC4OCCN(Cc5ccccc5)C4C3)nn2)n1. The number of nitrogens with zero attached hydrogens (tertiary/aromatic N) is 6. The fourth-order valence-corrected chi connectivity index (χ4v) is 4.11. The molecule has 144 valence electrons. The van der Waals surface area contributed by atoms with Crippen LogP contribution in [-0.2, 0) is 11.3 Å². The van der Waals surface area contributed by atoms with Crippen LogP contribution in [0, 0.1) is 6.92 Å². The molecule has 1 aromatic carbocycles. The van der Waals surface area contributed by atoms with Crippen LogP contribution in [0.25, 0.3) is 5.82 Å². The summed E-state index contributed by atoms with van der Waals surface area (Å²) in [5.41, 5.74) is 2.31. The topological polar surface area (TPSA) is 59.3 Å². The number of anilines is 1. The fourth-order valence-electron chi connectivity index (χ4n) is 4.11. The lowest BCUT2D eigenvalue weighted by atomic mass is 10.1. The Labute approximate surface area is 164 Å². The van der Waals surface area contributed by atoms with Gasteiger partial charge < -0.3 is 9.64 Å². The molecule has 2 unspecified atom stereocenters. The Hall–Kier alpha value is -2.77. The monoisotopic (exact) mass is 376 g/mol. The van der Waals surface area contributed by atoms with Crippen LogP contribution in [0.1, 0.15) is 11.3 Å². The molecule has 2 atom stereocenters. The van der Waals surface area contributed by atoms with Crippen LogP contribution in [0.2, 0.25) is 0 Å². The highest BCUT2D eigenvalue weighted by Crippen LogP contribution is 2.27. The van der Waals surface area contributed by atoms with Gasteiger partial charge in [0.15, 0.2) is 11.6 Å². The van der Waals surface area contributed by atoms with E-state index in [1.54, 1.807) is 4.68 Å². The molecule has 4 heterocycles. The highest BCUT2D eigenvalue weighted by atomic mass is 16.5. The van der Waals surface area contributed by atoms with E-state index in [1.807, 2.05) is 31.3 Å². The molecular weight excluding hydrogens is 352 g/mol. The molecule has 0 radical (unpaired) electrons. The normalized spacial score (nSPS) is 22.4. The highest BCUT2D eigenvalue weighted by Gasteiger charge is 2.40. The summed E-state index contributed by atoms with van der Waals surface area (Å²) in [4.78, 5) is 4.82. The summed E-state index contributed by atoms with van der Waals surface area (Å²) in [5.74, 6) is 1.63. The van der Waals surface area contributed by atoms with E-state index in [1.165, 1.54) is 5.56 Å². The predicted octanol–water partition coefficient (Wildman–Crippen LogP) is 2.06. The van der Waals surface area contributed by atoms with Crippen molar-refractivity contribution < 1.29 is 4.74 Å². The second-order valence-corrected chi connectivity index (χ2v) is 7.49. The second-order valence-electron chi connectivity index (χ2n) is 7.49. The first-order valence-corrected chi connectivity index (χ1v) is 9.77. The Morgan fingerprint density at radius 1 is 1.00 bits per heavy atom. The average Bonchev–Trinajstić information content (AvgIpc) is 3.36. The second kappa shape index (κ2) is 7.33. The molecule has 7 nitrogen and oxygen atoms in total. The highest BCUT2D eigenvalue weighted by molar-refractivity contribution is 5.42. The average molecular weight is 376 g/mol. The summed E-state index contributed by atoms with van der Waals surface area (Å²) in [6.45, 7) is 6.43. The molecule has 0 spiro atoms. The van der Waals surface area contributed by atoms with Gasteiger partial charge in [-0.25, -0.2) is 4.68 Å². The van der Waals surface area contributed by atoms with Crippen LogP contribution in [0.3, 0.4) is 0 Å². The molecule has 28 heavy (non-hydrogen) atoms. The Bertz CT molecular complexity index is 926. The van der Waals surface area contributed by atoms with E-state index in [9.17, 15) is 0 Å². The van der Waals surface area contributed by atoms with Gasteiger partial charge in [0, 0.05) is 32.4 Å². The quantitative estimate of drug-likeness (QED) is 0.695. The number of morpholine rings is 1. The largest absolute Gasteiger partial charge is 0.373 e. The molecule has 3 aromatic rings. The van der Waals surface area contributed by atoms with Crippen molar-refractivity contribution in [1.82, 2.24) is 24.9 Å². The Morgan fingerprint density at radius 2 is 1.82 bits per heavy atom. The van der Waals surface area contributed by atoms with Gasteiger partial charge in [-0.3, -0.25) is 4.90 Å². The van der Waals surface area contributed by atoms with E-state index in [0.29, 0.717) is 6.04 Å². The fraction of sp³-hybridized carbons (Fsp3) is 0.381. The summed E-state index contributed by atoms with van der Waals surface area (Å²) in [7, 11) is 0. The Balaban J connectivity index is 1.30. The molecule has 0 saturated carbocycles. The van der Waals surface area contributed by atoms with E-state index in [-0.39, 0.29) is 6.10 Å². The van der Waals surface area contributed by atoms with Crippen LogP contribution in [0.4, 0.5) is 5.82 Å². The lowest BCUT2D eigenvalue weighted by molar-refractivity contribution is -0.0499. The van der Waals surface area contributed by atoms with Crippen molar-refractivity contribution in [1.29, 1.82) is 0 Å². The number of ether oxygens (including phenoxy) is 1. The number of aryl methyl sites for hydroxylation is 1. The first-order valence-electron chi connectivity index (χ1n) is 9.77. The molecule has 0 amide bonds. The van der Waals surface area contributed by atoms with Gasteiger partial charge in [-0.1, -0.05) is 30.3 Å². The van der Waals surface area contributed by atoms with Gasteiger partial charge in [0.25, 0.3) is 0 Å². The number of fused-ring (bicyclic) bond motifs is 1. The minimum absolute atomic E-state index is 0.215. The molecule has 2 fully saturated rings. The smallest absolute Gasteiger partial charge is 0.175 e. The summed E-state index contributed by atoms with van der Waals surface area (Å²) in [6.07, 6.45) is 2.12. The molecule has 2 aliphatic heterocycles. The van der Waals surface area contributed by atoms with Gasteiger partial charge in [0.2, 0.25) is 0 Å². The number of benzene rings is 1. The van der Waals surface area contributed by atoms with Crippen molar-refractivity contribution in [2.75, 3.05) is 31.1 Å². The molecule has 5 rings (SSSR count).